The number of carbonyl (C=O) groups is 1. The van der Waals surface area contributed by atoms with Gasteiger partial charge in [-0.3, -0.25) is 14.9 Å². The molecule has 1 N–H and O–H groups in total. The zero-order valence-electron chi connectivity index (χ0n) is 12.3. The van der Waals surface area contributed by atoms with Crippen molar-refractivity contribution in [2.24, 2.45) is 0 Å². The van der Waals surface area contributed by atoms with Gasteiger partial charge in [-0.2, -0.15) is 0 Å². The van der Waals surface area contributed by atoms with E-state index >= 15 is 0 Å². The predicted molar refractivity (Wildman–Crippen MR) is 83.4 cm³/mol. The third kappa shape index (κ3) is 3.60. The van der Waals surface area contributed by atoms with Gasteiger partial charge in [0.25, 0.3) is 11.6 Å². The van der Waals surface area contributed by atoms with Gasteiger partial charge >= 0.3 is 0 Å². The number of nitrogens with zero attached hydrogens (tertiary/aromatic N) is 1. The molecule has 0 aliphatic heterocycles. The number of rotatable bonds is 5. The highest BCUT2D eigenvalue weighted by Crippen LogP contribution is 2.26. The summed E-state index contributed by atoms with van der Waals surface area (Å²) in [6.45, 7) is 4.10. The van der Waals surface area contributed by atoms with Crippen molar-refractivity contribution in [3.05, 3.63) is 63.7 Å². The molecule has 0 bridgehead atoms. The van der Waals surface area contributed by atoms with Gasteiger partial charge in [-0.05, 0) is 43.7 Å². The van der Waals surface area contributed by atoms with Crippen LogP contribution in [0.4, 0.5) is 11.4 Å². The van der Waals surface area contributed by atoms with Gasteiger partial charge in [-0.25, -0.2) is 0 Å². The highest BCUT2D eigenvalue weighted by atomic mass is 16.6. The van der Waals surface area contributed by atoms with E-state index in [-0.39, 0.29) is 11.4 Å². The normalized spacial score (nSPS) is 10.1. The van der Waals surface area contributed by atoms with Gasteiger partial charge in [-0.1, -0.05) is 12.1 Å². The van der Waals surface area contributed by atoms with Gasteiger partial charge < -0.3 is 10.1 Å². The summed E-state index contributed by atoms with van der Waals surface area (Å²) in [5, 5.41) is 13.6. The van der Waals surface area contributed by atoms with Crippen molar-refractivity contribution >= 4 is 17.3 Å². The van der Waals surface area contributed by atoms with Crippen molar-refractivity contribution in [1.29, 1.82) is 0 Å². The molecule has 0 fully saturated rings. The molecule has 0 saturated carbocycles. The van der Waals surface area contributed by atoms with Gasteiger partial charge in [0, 0.05) is 11.6 Å². The first-order valence-electron chi connectivity index (χ1n) is 6.80. The van der Waals surface area contributed by atoms with Gasteiger partial charge in [0.05, 0.1) is 11.5 Å². The molecule has 0 aliphatic carbocycles. The van der Waals surface area contributed by atoms with Gasteiger partial charge in [0.2, 0.25) is 0 Å². The van der Waals surface area contributed by atoms with E-state index in [4.69, 9.17) is 4.74 Å². The van der Waals surface area contributed by atoms with Crippen LogP contribution in [-0.4, -0.2) is 17.4 Å². The predicted octanol–water partition coefficient (Wildman–Crippen LogP) is 3.55. The lowest BCUT2D eigenvalue weighted by Crippen LogP contribution is -2.13. The molecule has 1 amide bonds. The Morgan fingerprint density at radius 3 is 2.73 bits per heavy atom. The summed E-state index contributed by atoms with van der Waals surface area (Å²) in [7, 11) is 0. The minimum atomic E-state index is -0.515. The first kappa shape index (κ1) is 15.5. The fourth-order valence-corrected chi connectivity index (χ4v) is 1.99. The Labute approximate surface area is 127 Å². The first-order chi connectivity index (χ1) is 10.5. The standard InChI is InChI=1S/C16H16N2O4/c1-3-22-13-6-4-5-12(10-13)16(19)17-14-8-7-11(2)9-15(14)18(20)21/h4-10H,3H2,1-2H3,(H,17,19). The second-order valence-electron chi connectivity index (χ2n) is 4.69. The Kier molecular flexibility index (Phi) is 4.73. The Morgan fingerprint density at radius 2 is 2.05 bits per heavy atom. The Balaban J connectivity index is 2.25. The molecule has 6 nitrogen and oxygen atoms in total. The van der Waals surface area contributed by atoms with Gasteiger partial charge in [0.15, 0.2) is 0 Å². The Morgan fingerprint density at radius 1 is 1.27 bits per heavy atom. The van der Waals surface area contributed by atoms with E-state index in [0.717, 1.165) is 5.56 Å². The van der Waals surface area contributed by atoms with E-state index in [0.29, 0.717) is 17.9 Å². The highest BCUT2D eigenvalue weighted by Gasteiger charge is 2.17. The third-order valence-corrected chi connectivity index (χ3v) is 3.01. The lowest BCUT2D eigenvalue weighted by Gasteiger charge is -2.08. The summed E-state index contributed by atoms with van der Waals surface area (Å²) < 4.78 is 5.34. The van der Waals surface area contributed by atoms with Crippen LogP contribution in [0.5, 0.6) is 5.75 Å². The van der Waals surface area contributed by atoms with Crippen molar-refractivity contribution in [1.82, 2.24) is 0 Å². The van der Waals surface area contributed by atoms with E-state index in [1.165, 1.54) is 12.1 Å². The molecular formula is C16H16N2O4. The molecule has 22 heavy (non-hydrogen) atoms. The average molecular weight is 300 g/mol. The molecule has 2 rings (SSSR count). The number of nitrogens with one attached hydrogen (secondary N) is 1. The summed E-state index contributed by atoms with van der Waals surface area (Å²) in [5.41, 5.74) is 1.17. The van der Waals surface area contributed by atoms with E-state index in [9.17, 15) is 14.9 Å². The minimum Gasteiger partial charge on any atom is -0.494 e. The number of ether oxygens (including phenoxy) is 1. The molecule has 0 atom stereocenters. The summed E-state index contributed by atoms with van der Waals surface area (Å²) in [6.07, 6.45) is 0. The molecule has 6 heteroatoms. The van der Waals surface area contributed by atoms with E-state index < -0.39 is 10.8 Å². The summed E-state index contributed by atoms with van der Waals surface area (Å²) in [5.74, 6) is 0.155. The van der Waals surface area contributed by atoms with Gasteiger partial charge in [0.1, 0.15) is 11.4 Å². The minimum absolute atomic E-state index is 0.130. The number of nitro benzene ring substituents is 1. The third-order valence-electron chi connectivity index (χ3n) is 3.01. The molecule has 0 unspecified atom stereocenters. The number of hydrogen-bond acceptors (Lipinski definition) is 4. The number of nitro groups is 1. The monoisotopic (exact) mass is 300 g/mol. The topological polar surface area (TPSA) is 81.5 Å². The molecule has 114 valence electrons. The number of anilines is 1. The molecule has 0 aliphatic rings. The lowest BCUT2D eigenvalue weighted by atomic mass is 10.1. The zero-order valence-corrected chi connectivity index (χ0v) is 12.3. The molecule has 0 heterocycles. The molecular weight excluding hydrogens is 284 g/mol. The van der Waals surface area contributed by atoms with E-state index in [1.54, 1.807) is 37.3 Å². The van der Waals surface area contributed by atoms with Crippen LogP contribution in [-0.2, 0) is 0 Å². The highest BCUT2D eigenvalue weighted by molar-refractivity contribution is 6.05. The molecule has 0 saturated heterocycles. The SMILES string of the molecule is CCOc1cccc(C(=O)Nc2ccc(C)cc2[N+](=O)[O-])c1. The largest absolute Gasteiger partial charge is 0.494 e. The number of amides is 1. The Bertz CT molecular complexity index is 713. The quantitative estimate of drug-likeness (QED) is 0.676. The fourth-order valence-electron chi connectivity index (χ4n) is 1.99. The number of benzene rings is 2. The lowest BCUT2D eigenvalue weighted by molar-refractivity contribution is -0.384. The van der Waals surface area contributed by atoms with Crippen molar-refractivity contribution in [3.8, 4) is 5.75 Å². The smallest absolute Gasteiger partial charge is 0.293 e. The molecule has 2 aromatic carbocycles. The second kappa shape index (κ2) is 6.71. The summed E-state index contributed by atoms with van der Waals surface area (Å²) in [4.78, 5) is 22.8. The number of hydrogen-bond donors (Lipinski definition) is 1. The Hall–Kier alpha value is -2.89. The fraction of sp³-hybridized carbons (Fsp3) is 0.188. The maximum absolute atomic E-state index is 12.2. The van der Waals surface area contributed by atoms with Crippen molar-refractivity contribution in [3.63, 3.8) is 0 Å². The molecule has 0 spiro atoms. The van der Waals surface area contributed by atoms with Crippen LogP contribution in [0.25, 0.3) is 0 Å². The van der Waals surface area contributed by atoms with Crippen LogP contribution in [0.1, 0.15) is 22.8 Å². The van der Waals surface area contributed by atoms with Crippen molar-refractivity contribution in [2.75, 3.05) is 11.9 Å². The maximum atomic E-state index is 12.2. The van der Waals surface area contributed by atoms with Crippen LogP contribution >= 0.6 is 0 Å². The molecule has 0 aromatic heterocycles. The van der Waals surface area contributed by atoms with Crippen LogP contribution in [0.2, 0.25) is 0 Å². The molecule has 2 aromatic rings. The second-order valence-corrected chi connectivity index (χ2v) is 4.69. The first-order valence-corrected chi connectivity index (χ1v) is 6.80. The van der Waals surface area contributed by atoms with Crippen molar-refractivity contribution < 1.29 is 14.5 Å². The maximum Gasteiger partial charge on any atom is 0.293 e. The van der Waals surface area contributed by atoms with Crippen LogP contribution in [0.15, 0.2) is 42.5 Å². The summed E-state index contributed by atoms with van der Waals surface area (Å²) >= 11 is 0. The van der Waals surface area contributed by atoms with Crippen LogP contribution < -0.4 is 10.1 Å². The zero-order chi connectivity index (χ0) is 16.1. The average Bonchev–Trinajstić information content (AvgIpc) is 2.49. The summed E-state index contributed by atoms with van der Waals surface area (Å²) in [6, 6.07) is 11.3. The van der Waals surface area contributed by atoms with Gasteiger partial charge in [-0.15, -0.1) is 0 Å². The van der Waals surface area contributed by atoms with Crippen LogP contribution in [0, 0.1) is 17.0 Å². The number of carbonyl (C=O) groups excluding carboxylic acids is 1. The molecule has 0 radical (unpaired) electrons. The van der Waals surface area contributed by atoms with Crippen LogP contribution in [0.3, 0.4) is 0 Å². The van der Waals surface area contributed by atoms with Crippen molar-refractivity contribution in [2.45, 2.75) is 13.8 Å². The van der Waals surface area contributed by atoms with E-state index in [2.05, 4.69) is 5.32 Å². The number of aryl methyl sites for hydroxylation is 1. The van der Waals surface area contributed by atoms with E-state index in [1.807, 2.05) is 6.92 Å².